The number of likely N-dealkylation sites (N-methyl/N-ethyl adjacent to an activating group) is 1. The Bertz CT molecular complexity index is 535. The minimum atomic E-state index is 0.00733. The van der Waals surface area contributed by atoms with Gasteiger partial charge < -0.3 is 14.8 Å². The van der Waals surface area contributed by atoms with Gasteiger partial charge >= 0.3 is 0 Å². The standard InChI is InChI=1S/C15H19N3O2/c1-16-15(14-11-19-9-10-20-14)13-7-8-17-18(13)12-5-3-2-4-6-12/h2-8,14-16H,9-11H2,1H3. The average Bonchev–Trinajstić information content (AvgIpc) is 2.99. The number of aromatic nitrogens is 2. The fourth-order valence-corrected chi connectivity index (χ4v) is 2.56. The van der Waals surface area contributed by atoms with Crippen molar-refractivity contribution in [1.82, 2.24) is 15.1 Å². The maximum atomic E-state index is 5.82. The number of para-hydroxylation sites is 1. The van der Waals surface area contributed by atoms with Crippen LogP contribution in [0.3, 0.4) is 0 Å². The highest BCUT2D eigenvalue weighted by Gasteiger charge is 2.28. The molecule has 0 saturated carbocycles. The molecule has 1 aromatic carbocycles. The summed E-state index contributed by atoms with van der Waals surface area (Å²) in [5.41, 5.74) is 2.12. The van der Waals surface area contributed by atoms with Gasteiger partial charge in [0.2, 0.25) is 0 Å². The third kappa shape index (κ3) is 2.60. The van der Waals surface area contributed by atoms with Gasteiger partial charge in [-0.2, -0.15) is 5.10 Å². The van der Waals surface area contributed by atoms with E-state index in [4.69, 9.17) is 9.47 Å². The number of nitrogens with one attached hydrogen (secondary N) is 1. The zero-order valence-electron chi connectivity index (χ0n) is 11.5. The fourth-order valence-electron chi connectivity index (χ4n) is 2.56. The van der Waals surface area contributed by atoms with Gasteiger partial charge in [0.1, 0.15) is 6.10 Å². The van der Waals surface area contributed by atoms with Crippen molar-refractivity contribution in [2.45, 2.75) is 12.1 Å². The van der Waals surface area contributed by atoms with Crippen LogP contribution < -0.4 is 5.32 Å². The molecule has 2 atom stereocenters. The van der Waals surface area contributed by atoms with Crippen molar-refractivity contribution in [1.29, 1.82) is 0 Å². The Balaban J connectivity index is 1.91. The van der Waals surface area contributed by atoms with E-state index in [0.29, 0.717) is 19.8 Å². The van der Waals surface area contributed by atoms with Gasteiger partial charge in [0, 0.05) is 6.20 Å². The van der Waals surface area contributed by atoms with Crippen molar-refractivity contribution in [3.05, 3.63) is 48.3 Å². The first-order chi connectivity index (χ1) is 9.90. The largest absolute Gasteiger partial charge is 0.376 e. The van der Waals surface area contributed by atoms with Crippen molar-refractivity contribution in [3.8, 4) is 5.69 Å². The second kappa shape index (κ2) is 6.17. The highest BCUT2D eigenvalue weighted by atomic mass is 16.6. The highest BCUT2D eigenvalue weighted by Crippen LogP contribution is 2.23. The summed E-state index contributed by atoms with van der Waals surface area (Å²) < 4.78 is 13.3. The topological polar surface area (TPSA) is 48.3 Å². The maximum Gasteiger partial charge on any atom is 0.102 e. The minimum absolute atomic E-state index is 0.00733. The molecule has 0 aliphatic carbocycles. The van der Waals surface area contributed by atoms with Crippen molar-refractivity contribution in [2.24, 2.45) is 0 Å². The summed E-state index contributed by atoms with van der Waals surface area (Å²) in [7, 11) is 1.94. The molecule has 5 nitrogen and oxygen atoms in total. The van der Waals surface area contributed by atoms with Crippen LogP contribution in [0.2, 0.25) is 0 Å². The van der Waals surface area contributed by atoms with Crippen LogP contribution in [0.25, 0.3) is 5.69 Å². The van der Waals surface area contributed by atoms with E-state index in [1.807, 2.05) is 54.3 Å². The van der Waals surface area contributed by atoms with Crippen molar-refractivity contribution in [3.63, 3.8) is 0 Å². The van der Waals surface area contributed by atoms with Crippen molar-refractivity contribution < 1.29 is 9.47 Å². The SMILES string of the molecule is CNC(c1ccnn1-c1ccccc1)C1COCCO1. The third-order valence-corrected chi connectivity index (χ3v) is 3.52. The van der Waals surface area contributed by atoms with Crippen molar-refractivity contribution in [2.75, 3.05) is 26.9 Å². The zero-order valence-corrected chi connectivity index (χ0v) is 11.5. The molecule has 0 radical (unpaired) electrons. The summed E-state index contributed by atoms with van der Waals surface area (Å²) in [6, 6.07) is 12.2. The maximum absolute atomic E-state index is 5.82. The molecule has 2 unspecified atom stereocenters. The lowest BCUT2D eigenvalue weighted by Crippen LogP contribution is -2.40. The molecular formula is C15H19N3O2. The van der Waals surface area contributed by atoms with Gasteiger partial charge in [0.15, 0.2) is 0 Å². The summed E-state index contributed by atoms with van der Waals surface area (Å²) in [5.74, 6) is 0. The molecule has 1 aromatic heterocycles. The Morgan fingerprint density at radius 3 is 2.80 bits per heavy atom. The predicted molar refractivity (Wildman–Crippen MR) is 75.9 cm³/mol. The number of hydrogen-bond acceptors (Lipinski definition) is 4. The predicted octanol–water partition coefficient (Wildman–Crippen LogP) is 1.55. The highest BCUT2D eigenvalue weighted by molar-refractivity contribution is 5.33. The number of rotatable bonds is 4. The molecule has 2 heterocycles. The Hall–Kier alpha value is -1.69. The Kier molecular flexibility index (Phi) is 4.11. The Morgan fingerprint density at radius 2 is 2.10 bits per heavy atom. The van der Waals surface area contributed by atoms with Crippen LogP contribution in [-0.2, 0) is 9.47 Å². The summed E-state index contributed by atoms with van der Waals surface area (Å²) in [6.45, 7) is 1.92. The molecule has 5 heteroatoms. The molecule has 1 fully saturated rings. The molecule has 1 saturated heterocycles. The number of benzene rings is 1. The second-order valence-corrected chi connectivity index (χ2v) is 4.75. The monoisotopic (exact) mass is 273 g/mol. The second-order valence-electron chi connectivity index (χ2n) is 4.75. The molecule has 2 aromatic rings. The van der Waals surface area contributed by atoms with Crippen molar-refractivity contribution >= 4 is 0 Å². The summed E-state index contributed by atoms with van der Waals surface area (Å²) in [4.78, 5) is 0. The average molecular weight is 273 g/mol. The first-order valence-electron chi connectivity index (χ1n) is 6.86. The van der Waals surface area contributed by atoms with Gasteiger partial charge in [-0.15, -0.1) is 0 Å². The van der Waals surface area contributed by atoms with E-state index in [2.05, 4.69) is 10.4 Å². The van der Waals surface area contributed by atoms with Crippen LogP contribution in [-0.4, -0.2) is 42.8 Å². The quantitative estimate of drug-likeness (QED) is 0.918. The number of hydrogen-bond donors (Lipinski definition) is 1. The van der Waals surface area contributed by atoms with Gasteiger partial charge in [-0.1, -0.05) is 18.2 Å². The molecule has 3 rings (SSSR count). The molecule has 0 spiro atoms. The van der Waals surface area contributed by atoms with Gasteiger partial charge in [0.05, 0.1) is 37.2 Å². The normalized spacial score (nSPS) is 20.8. The molecule has 1 aliphatic heterocycles. The van der Waals surface area contributed by atoms with Crippen LogP contribution in [0, 0.1) is 0 Å². The molecule has 1 aliphatic rings. The Morgan fingerprint density at radius 1 is 1.25 bits per heavy atom. The molecule has 20 heavy (non-hydrogen) atoms. The third-order valence-electron chi connectivity index (χ3n) is 3.52. The smallest absolute Gasteiger partial charge is 0.102 e. The van der Waals surface area contributed by atoms with E-state index in [-0.39, 0.29) is 12.1 Å². The first kappa shape index (κ1) is 13.3. The summed E-state index contributed by atoms with van der Waals surface area (Å²) in [5, 5.41) is 7.75. The van der Waals surface area contributed by atoms with Gasteiger partial charge in [-0.05, 0) is 25.2 Å². The minimum Gasteiger partial charge on any atom is -0.376 e. The first-order valence-corrected chi connectivity index (χ1v) is 6.86. The van der Waals surface area contributed by atoms with Crippen LogP contribution in [0.15, 0.2) is 42.6 Å². The lowest BCUT2D eigenvalue weighted by atomic mass is 10.1. The van der Waals surface area contributed by atoms with E-state index in [9.17, 15) is 0 Å². The van der Waals surface area contributed by atoms with Gasteiger partial charge in [0.25, 0.3) is 0 Å². The lowest BCUT2D eigenvalue weighted by Gasteiger charge is -2.30. The fraction of sp³-hybridized carbons (Fsp3) is 0.400. The van der Waals surface area contributed by atoms with Gasteiger partial charge in [-0.3, -0.25) is 0 Å². The zero-order chi connectivity index (χ0) is 13.8. The van der Waals surface area contributed by atoms with Crippen LogP contribution in [0.4, 0.5) is 0 Å². The number of ether oxygens (including phenoxy) is 2. The van der Waals surface area contributed by atoms with E-state index >= 15 is 0 Å². The molecule has 106 valence electrons. The number of nitrogens with zero attached hydrogens (tertiary/aromatic N) is 2. The van der Waals surface area contributed by atoms with E-state index in [0.717, 1.165) is 11.4 Å². The molecular weight excluding hydrogens is 254 g/mol. The molecule has 1 N–H and O–H groups in total. The molecule has 0 bridgehead atoms. The van der Waals surface area contributed by atoms with Crippen LogP contribution in [0.1, 0.15) is 11.7 Å². The Labute approximate surface area is 118 Å². The van der Waals surface area contributed by atoms with Gasteiger partial charge in [-0.25, -0.2) is 4.68 Å². The van der Waals surface area contributed by atoms with E-state index in [1.165, 1.54) is 0 Å². The van der Waals surface area contributed by atoms with E-state index < -0.39 is 0 Å². The summed E-state index contributed by atoms with van der Waals surface area (Å²) in [6.07, 6.45) is 1.82. The van der Waals surface area contributed by atoms with E-state index in [1.54, 1.807) is 0 Å². The lowest BCUT2D eigenvalue weighted by molar-refractivity contribution is -0.102. The molecule has 0 amide bonds. The van der Waals surface area contributed by atoms with Crippen LogP contribution in [0.5, 0.6) is 0 Å². The summed E-state index contributed by atoms with van der Waals surface area (Å²) >= 11 is 0. The van der Waals surface area contributed by atoms with Crippen LogP contribution >= 0.6 is 0 Å².